The Kier molecular flexibility index (Phi) is 4.65. The molecular formula is C20H16N6O. The van der Waals surface area contributed by atoms with Gasteiger partial charge < -0.3 is 5.32 Å². The standard InChI is InChI=1S/C20H16N6O/c27-19(17-11-5-7-13-22-17)26-20(23-14-15-8-2-1-3-9-15)24-18(25-26)16-10-4-6-12-21-16/h1-13H,14H2,(H,23,24,25). The van der Waals surface area contributed by atoms with Crippen LogP contribution in [0.5, 0.6) is 0 Å². The van der Waals surface area contributed by atoms with Gasteiger partial charge in [0, 0.05) is 18.9 Å². The number of pyridine rings is 2. The third kappa shape index (κ3) is 3.72. The number of hydrogen-bond donors (Lipinski definition) is 1. The quantitative estimate of drug-likeness (QED) is 0.591. The summed E-state index contributed by atoms with van der Waals surface area (Å²) in [5.74, 6) is 0.353. The molecule has 4 aromatic rings. The van der Waals surface area contributed by atoms with Gasteiger partial charge in [-0.15, -0.1) is 5.10 Å². The van der Waals surface area contributed by atoms with Crippen LogP contribution in [-0.4, -0.2) is 30.6 Å². The van der Waals surface area contributed by atoms with Crippen molar-refractivity contribution in [3.8, 4) is 11.5 Å². The number of nitrogens with one attached hydrogen (secondary N) is 1. The lowest BCUT2D eigenvalue weighted by atomic mass is 10.2. The van der Waals surface area contributed by atoms with E-state index in [0.717, 1.165) is 5.56 Å². The summed E-state index contributed by atoms with van der Waals surface area (Å²) in [5, 5.41) is 7.54. The van der Waals surface area contributed by atoms with Crippen molar-refractivity contribution < 1.29 is 4.79 Å². The number of carbonyl (C=O) groups is 1. The lowest BCUT2D eigenvalue weighted by Gasteiger charge is -2.06. The van der Waals surface area contributed by atoms with Crippen LogP contribution in [-0.2, 0) is 6.54 Å². The summed E-state index contributed by atoms with van der Waals surface area (Å²) in [7, 11) is 0. The Bertz CT molecular complexity index is 1030. The summed E-state index contributed by atoms with van der Waals surface area (Å²) in [6.07, 6.45) is 3.23. The highest BCUT2D eigenvalue weighted by Gasteiger charge is 2.19. The van der Waals surface area contributed by atoms with Gasteiger partial charge >= 0.3 is 0 Å². The minimum Gasteiger partial charge on any atom is -0.350 e. The Hall–Kier alpha value is -3.87. The van der Waals surface area contributed by atoms with Gasteiger partial charge in [-0.2, -0.15) is 9.67 Å². The highest BCUT2D eigenvalue weighted by Crippen LogP contribution is 2.17. The van der Waals surface area contributed by atoms with Crippen molar-refractivity contribution in [2.75, 3.05) is 5.32 Å². The molecule has 132 valence electrons. The average Bonchev–Trinajstić information content (AvgIpc) is 3.18. The normalized spacial score (nSPS) is 10.5. The molecule has 0 aliphatic rings. The van der Waals surface area contributed by atoms with E-state index in [1.165, 1.54) is 4.68 Å². The Morgan fingerprint density at radius 2 is 1.63 bits per heavy atom. The first-order chi connectivity index (χ1) is 13.3. The monoisotopic (exact) mass is 356 g/mol. The van der Waals surface area contributed by atoms with Crippen molar-refractivity contribution >= 4 is 11.9 Å². The molecule has 0 aliphatic carbocycles. The lowest BCUT2D eigenvalue weighted by molar-refractivity contribution is 0.0942. The van der Waals surface area contributed by atoms with E-state index in [0.29, 0.717) is 24.0 Å². The van der Waals surface area contributed by atoms with E-state index in [1.54, 1.807) is 36.7 Å². The number of benzene rings is 1. The molecule has 0 saturated heterocycles. The molecule has 7 heteroatoms. The molecule has 1 N–H and O–H groups in total. The van der Waals surface area contributed by atoms with Crippen LogP contribution in [0.25, 0.3) is 11.5 Å². The van der Waals surface area contributed by atoms with Gasteiger partial charge in [0.05, 0.1) is 0 Å². The van der Waals surface area contributed by atoms with Crippen LogP contribution in [0.3, 0.4) is 0 Å². The van der Waals surface area contributed by atoms with E-state index in [-0.39, 0.29) is 11.6 Å². The van der Waals surface area contributed by atoms with E-state index >= 15 is 0 Å². The predicted octanol–water partition coefficient (Wildman–Crippen LogP) is 3.04. The fraction of sp³-hybridized carbons (Fsp3) is 0.0500. The van der Waals surface area contributed by atoms with Crippen molar-refractivity contribution in [3.05, 3.63) is 90.4 Å². The van der Waals surface area contributed by atoms with Gasteiger partial charge in [0.2, 0.25) is 11.8 Å². The second kappa shape index (κ2) is 7.57. The summed E-state index contributed by atoms with van der Waals surface area (Å²) in [4.78, 5) is 25.7. The summed E-state index contributed by atoms with van der Waals surface area (Å²) in [6.45, 7) is 0.511. The van der Waals surface area contributed by atoms with E-state index in [1.807, 2.05) is 42.5 Å². The van der Waals surface area contributed by atoms with Crippen molar-refractivity contribution in [1.82, 2.24) is 24.7 Å². The SMILES string of the molecule is O=C(c1ccccn1)n1nc(-c2ccccn2)nc1NCc1ccccc1. The van der Waals surface area contributed by atoms with E-state index in [9.17, 15) is 4.79 Å². The topological polar surface area (TPSA) is 85.6 Å². The number of hydrogen-bond acceptors (Lipinski definition) is 6. The van der Waals surface area contributed by atoms with Crippen LogP contribution >= 0.6 is 0 Å². The molecule has 0 aliphatic heterocycles. The number of anilines is 1. The molecule has 1 aromatic carbocycles. The van der Waals surface area contributed by atoms with Gasteiger partial charge in [0.25, 0.3) is 5.91 Å². The first-order valence-corrected chi connectivity index (χ1v) is 8.43. The summed E-state index contributed by atoms with van der Waals surface area (Å²) < 4.78 is 1.23. The van der Waals surface area contributed by atoms with Crippen molar-refractivity contribution in [2.24, 2.45) is 0 Å². The van der Waals surface area contributed by atoms with Gasteiger partial charge in [-0.05, 0) is 29.8 Å². The molecule has 0 fully saturated rings. The van der Waals surface area contributed by atoms with Crippen LogP contribution < -0.4 is 5.32 Å². The van der Waals surface area contributed by atoms with E-state index < -0.39 is 0 Å². The molecule has 0 amide bonds. The number of nitrogens with zero attached hydrogens (tertiary/aromatic N) is 5. The van der Waals surface area contributed by atoms with E-state index in [2.05, 4.69) is 25.4 Å². The predicted molar refractivity (Wildman–Crippen MR) is 101 cm³/mol. The zero-order chi connectivity index (χ0) is 18.5. The molecule has 0 atom stereocenters. The Labute approximate surface area is 155 Å². The highest BCUT2D eigenvalue weighted by molar-refractivity contribution is 5.95. The minimum absolute atomic E-state index is 0.290. The zero-order valence-corrected chi connectivity index (χ0v) is 14.4. The molecule has 0 radical (unpaired) electrons. The molecule has 7 nitrogen and oxygen atoms in total. The number of aromatic nitrogens is 5. The fourth-order valence-corrected chi connectivity index (χ4v) is 2.55. The van der Waals surface area contributed by atoms with Gasteiger partial charge in [0.1, 0.15) is 11.4 Å². The largest absolute Gasteiger partial charge is 0.350 e. The highest BCUT2D eigenvalue weighted by atomic mass is 16.2. The van der Waals surface area contributed by atoms with Crippen molar-refractivity contribution in [3.63, 3.8) is 0 Å². The first-order valence-electron chi connectivity index (χ1n) is 8.43. The first kappa shape index (κ1) is 16.6. The number of rotatable bonds is 5. The van der Waals surface area contributed by atoms with Crippen LogP contribution in [0.1, 0.15) is 16.1 Å². The second-order valence-corrected chi connectivity index (χ2v) is 5.75. The van der Waals surface area contributed by atoms with Crippen LogP contribution in [0.15, 0.2) is 79.1 Å². The second-order valence-electron chi connectivity index (χ2n) is 5.75. The van der Waals surface area contributed by atoms with Gasteiger partial charge in [-0.25, -0.2) is 0 Å². The molecule has 0 spiro atoms. The Balaban J connectivity index is 1.69. The average molecular weight is 356 g/mol. The Morgan fingerprint density at radius 1 is 0.889 bits per heavy atom. The van der Waals surface area contributed by atoms with Gasteiger partial charge in [-0.3, -0.25) is 14.8 Å². The lowest BCUT2D eigenvalue weighted by Crippen LogP contribution is -2.18. The van der Waals surface area contributed by atoms with Crippen molar-refractivity contribution in [1.29, 1.82) is 0 Å². The van der Waals surface area contributed by atoms with E-state index in [4.69, 9.17) is 0 Å². The molecule has 4 rings (SSSR count). The summed E-state index contributed by atoms with van der Waals surface area (Å²) in [5.41, 5.74) is 1.95. The third-order valence-corrected chi connectivity index (χ3v) is 3.87. The van der Waals surface area contributed by atoms with Crippen molar-refractivity contribution in [2.45, 2.75) is 6.54 Å². The van der Waals surface area contributed by atoms with Crippen LogP contribution in [0.4, 0.5) is 5.95 Å². The molecule has 27 heavy (non-hydrogen) atoms. The van der Waals surface area contributed by atoms with Gasteiger partial charge in [-0.1, -0.05) is 42.5 Å². The third-order valence-electron chi connectivity index (χ3n) is 3.87. The molecule has 0 unspecified atom stereocenters. The maximum absolute atomic E-state index is 12.9. The molecule has 3 heterocycles. The molecule has 0 bridgehead atoms. The molecule has 0 saturated carbocycles. The fourth-order valence-electron chi connectivity index (χ4n) is 2.55. The minimum atomic E-state index is -0.360. The van der Waals surface area contributed by atoms with Crippen LogP contribution in [0.2, 0.25) is 0 Å². The maximum Gasteiger partial charge on any atom is 0.299 e. The zero-order valence-electron chi connectivity index (χ0n) is 14.4. The summed E-state index contributed by atoms with van der Waals surface area (Å²) >= 11 is 0. The maximum atomic E-state index is 12.9. The van der Waals surface area contributed by atoms with Crippen LogP contribution in [0, 0.1) is 0 Å². The number of carbonyl (C=O) groups excluding carboxylic acids is 1. The smallest absolute Gasteiger partial charge is 0.299 e. The van der Waals surface area contributed by atoms with Gasteiger partial charge in [0.15, 0.2) is 0 Å². The summed E-state index contributed by atoms with van der Waals surface area (Å²) in [6, 6.07) is 20.5. The molecule has 3 aromatic heterocycles. The molecular weight excluding hydrogens is 340 g/mol. The Morgan fingerprint density at radius 3 is 2.33 bits per heavy atom.